The minimum absolute atomic E-state index is 0. The molecule has 1 aromatic carbocycles. The molecule has 0 saturated heterocycles. The van der Waals surface area contributed by atoms with Gasteiger partial charge in [-0.25, -0.2) is 0 Å². The number of hydrogen-bond acceptors (Lipinski definition) is 0. The van der Waals surface area contributed by atoms with E-state index in [-0.39, 0.29) is 7.43 Å². The van der Waals surface area contributed by atoms with Crippen molar-refractivity contribution in [2.75, 3.05) is 6.54 Å². The molecule has 1 aromatic rings. The van der Waals surface area contributed by atoms with E-state index in [4.69, 9.17) is 18.6 Å². The predicted molar refractivity (Wildman–Crippen MR) is 118 cm³/mol. The van der Waals surface area contributed by atoms with Crippen LogP contribution in [0.4, 0.5) is 0 Å². The molecule has 0 radical (unpaired) electrons. The van der Waals surface area contributed by atoms with E-state index in [1.165, 1.54) is 5.56 Å². The molecule has 0 aromatic heterocycles. The Labute approximate surface area is 183 Å². The Hall–Kier alpha value is -0.276. The van der Waals surface area contributed by atoms with Crippen LogP contribution in [-0.4, -0.2) is 17.3 Å². The topological polar surface area (TPSA) is 25.5 Å². The molecule has 2 nitrogen and oxygen atoms in total. The first-order valence-electron chi connectivity index (χ1n) is 9.26. The number of rotatable bonds is 2. The Bertz CT molecular complexity index is 549. The van der Waals surface area contributed by atoms with Crippen molar-refractivity contribution < 1.29 is 17.0 Å². The molecule has 0 N–H and O–H groups in total. The van der Waals surface area contributed by atoms with Crippen LogP contribution >= 0.6 is 18.6 Å². The van der Waals surface area contributed by atoms with Crippen LogP contribution in [0.3, 0.4) is 0 Å². The van der Waals surface area contributed by atoms with Crippen LogP contribution < -0.4 is 0 Å². The molecular weight excluding hydrogens is 411 g/mol. The summed E-state index contributed by atoms with van der Waals surface area (Å²) in [5.41, 5.74) is 2.13. The Morgan fingerprint density at radius 1 is 1.04 bits per heavy atom. The average Bonchev–Trinajstić information content (AvgIpc) is 3.03. The average molecular weight is 445 g/mol. The molecule has 1 aliphatic carbocycles. The van der Waals surface area contributed by atoms with E-state index >= 15 is 0 Å². The van der Waals surface area contributed by atoms with Gasteiger partial charge in [-0.2, -0.15) is 0 Å². The Balaban J connectivity index is 0.000000435. The summed E-state index contributed by atoms with van der Waals surface area (Å²) in [4.78, 5) is 1.90. The van der Waals surface area contributed by atoms with Crippen molar-refractivity contribution in [1.82, 2.24) is 4.90 Å². The molecule has 0 unspecified atom stereocenters. The Morgan fingerprint density at radius 2 is 1.44 bits per heavy atom. The van der Waals surface area contributed by atoms with Crippen LogP contribution in [0.25, 0.3) is 5.41 Å². The van der Waals surface area contributed by atoms with Crippen LogP contribution in [-0.2, 0) is 23.6 Å². The Morgan fingerprint density at radius 3 is 1.81 bits per heavy atom. The van der Waals surface area contributed by atoms with Gasteiger partial charge in [0.1, 0.15) is 0 Å². The fraction of sp³-hybridized carbons (Fsp3) is 0.545. The molecule has 0 bridgehead atoms. The van der Waals surface area contributed by atoms with Gasteiger partial charge in [0.25, 0.3) is 0 Å². The first kappa shape index (κ1) is 26.7. The summed E-state index contributed by atoms with van der Waals surface area (Å²) in [6.45, 7) is 17.1. The van der Waals surface area contributed by atoms with Crippen LogP contribution in [0.2, 0.25) is 0 Å². The standard InChI is InChI=1S/C11H11N2.C10H20.CH3.2ClH.Ti/c1-2-7-13-8-9-5-3-4-6-10(9)11(13)12;1-6-7(2)9(4)10(5)8(6)3;;;;/h2-6H,1,7-8H2;6-10H,1-5H3;1H3;2*1H;/q-1;;-1;;;+2/p-2. The molecule has 0 amide bonds. The van der Waals surface area contributed by atoms with Gasteiger partial charge < -0.3 is 17.7 Å². The number of amidine groups is 1. The maximum atomic E-state index is 9.77. The van der Waals surface area contributed by atoms with E-state index in [1.807, 2.05) is 29.2 Å². The predicted octanol–water partition coefficient (Wildman–Crippen LogP) is 7.01. The third kappa shape index (κ3) is 6.93. The van der Waals surface area contributed by atoms with Crippen LogP contribution in [0.5, 0.6) is 0 Å². The SMILES string of the molecule is C=CCN1Cc2ccccc2C1=[N-].CC1C(C)C(C)C(C)C1C.[CH3-].[Cl][Ti][Cl]. The van der Waals surface area contributed by atoms with Gasteiger partial charge in [-0.15, -0.1) is 6.58 Å². The van der Waals surface area contributed by atoms with Gasteiger partial charge in [-0.05, 0) is 53.8 Å². The molecule has 2 aliphatic rings. The Kier molecular flexibility index (Phi) is 12.9. The fourth-order valence-corrected chi connectivity index (χ4v) is 4.03. The number of benzene rings is 1. The van der Waals surface area contributed by atoms with Gasteiger partial charge in [0.05, 0.1) is 0 Å². The molecule has 0 spiro atoms. The molecule has 1 heterocycles. The molecule has 3 rings (SSSR count). The van der Waals surface area contributed by atoms with Gasteiger partial charge in [-0.1, -0.05) is 70.8 Å². The molecule has 27 heavy (non-hydrogen) atoms. The van der Waals surface area contributed by atoms with Crippen molar-refractivity contribution in [3.8, 4) is 0 Å². The number of nitrogens with zero attached hydrogens (tertiary/aromatic N) is 2. The second kappa shape index (κ2) is 13.0. The van der Waals surface area contributed by atoms with E-state index in [0.717, 1.165) is 41.7 Å². The summed E-state index contributed by atoms with van der Waals surface area (Å²) < 4.78 is 0. The number of fused-ring (bicyclic) bond motifs is 1. The third-order valence-electron chi connectivity index (χ3n) is 6.42. The van der Waals surface area contributed by atoms with Crippen molar-refractivity contribution in [1.29, 1.82) is 0 Å². The van der Waals surface area contributed by atoms with Crippen molar-refractivity contribution in [2.24, 2.45) is 29.6 Å². The number of halogens is 2. The fourth-order valence-electron chi connectivity index (χ4n) is 4.03. The summed E-state index contributed by atoms with van der Waals surface area (Å²) in [6, 6.07) is 7.90. The van der Waals surface area contributed by atoms with Crippen molar-refractivity contribution in [3.05, 3.63) is 60.9 Å². The summed E-state index contributed by atoms with van der Waals surface area (Å²) in [5, 5.41) is 9.77. The molecule has 1 fully saturated rings. The zero-order valence-electron chi connectivity index (χ0n) is 17.5. The van der Waals surface area contributed by atoms with E-state index in [1.54, 1.807) is 6.08 Å². The maximum absolute atomic E-state index is 9.77. The number of hydrogen-bond donors (Lipinski definition) is 0. The van der Waals surface area contributed by atoms with Gasteiger partial charge in [0.2, 0.25) is 0 Å². The van der Waals surface area contributed by atoms with Crippen LogP contribution in [0.1, 0.15) is 45.7 Å². The van der Waals surface area contributed by atoms with E-state index in [2.05, 4.69) is 41.2 Å². The molecule has 5 heteroatoms. The third-order valence-corrected chi connectivity index (χ3v) is 6.42. The summed E-state index contributed by atoms with van der Waals surface area (Å²) in [5.74, 6) is 5.05. The second-order valence-electron chi connectivity index (χ2n) is 7.52. The second-order valence-corrected chi connectivity index (χ2v) is 10.1. The summed E-state index contributed by atoms with van der Waals surface area (Å²) >= 11 is -0.556. The van der Waals surface area contributed by atoms with E-state index < -0.39 is 17.0 Å². The first-order chi connectivity index (χ1) is 12.3. The van der Waals surface area contributed by atoms with Crippen LogP contribution in [0.15, 0.2) is 36.9 Å². The quantitative estimate of drug-likeness (QED) is 0.273. The van der Waals surface area contributed by atoms with Gasteiger partial charge in [0, 0.05) is 0 Å². The van der Waals surface area contributed by atoms with Gasteiger partial charge >= 0.3 is 35.6 Å². The zero-order valence-corrected chi connectivity index (χ0v) is 20.6. The van der Waals surface area contributed by atoms with Crippen LogP contribution in [0, 0.1) is 37.0 Å². The van der Waals surface area contributed by atoms with Crippen molar-refractivity contribution >= 4 is 24.4 Å². The molecule has 152 valence electrons. The van der Waals surface area contributed by atoms with Crippen molar-refractivity contribution in [2.45, 2.75) is 41.2 Å². The molecular formula is C22H34Cl2N2Ti-2. The molecule has 0 atom stereocenters. The monoisotopic (exact) mass is 444 g/mol. The summed E-state index contributed by atoms with van der Waals surface area (Å²) in [6.07, 6.45) is 1.79. The van der Waals surface area contributed by atoms with E-state index in [9.17, 15) is 5.41 Å². The first-order valence-corrected chi connectivity index (χ1v) is 13.6. The molecule has 1 saturated carbocycles. The minimum atomic E-state index is -0.556. The summed E-state index contributed by atoms with van der Waals surface area (Å²) in [7, 11) is 9.78. The van der Waals surface area contributed by atoms with Crippen molar-refractivity contribution in [3.63, 3.8) is 0 Å². The zero-order chi connectivity index (χ0) is 19.9. The molecule has 1 aliphatic heterocycles. The van der Waals surface area contributed by atoms with Gasteiger partial charge in [-0.3, -0.25) is 0 Å². The normalized spacial score (nSPS) is 28.0. The van der Waals surface area contributed by atoms with E-state index in [0.29, 0.717) is 12.4 Å². The van der Waals surface area contributed by atoms with Gasteiger partial charge in [0.15, 0.2) is 0 Å².